The molecule has 3 nitrogen and oxygen atoms in total. The zero-order valence-electron chi connectivity index (χ0n) is 5.66. The SMILES string of the molecule is N#CC(N)c1ccnc(Br)c1. The van der Waals surface area contributed by atoms with Crippen LogP contribution in [0.25, 0.3) is 0 Å². The van der Waals surface area contributed by atoms with Gasteiger partial charge in [0, 0.05) is 6.20 Å². The minimum Gasteiger partial charge on any atom is -0.312 e. The van der Waals surface area contributed by atoms with Gasteiger partial charge in [-0.1, -0.05) is 0 Å². The maximum atomic E-state index is 8.47. The average Bonchev–Trinajstić information content (AvgIpc) is 2.03. The lowest BCUT2D eigenvalue weighted by Crippen LogP contribution is -2.06. The zero-order valence-corrected chi connectivity index (χ0v) is 7.25. The van der Waals surface area contributed by atoms with Crippen molar-refractivity contribution in [2.45, 2.75) is 6.04 Å². The van der Waals surface area contributed by atoms with Gasteiger partial charge in [0.05, 0.1) is 6.07 Å². The minimum absolute atomic E-state index is 0.561. The molecular formula is C7H6BrN3. The second-order valence-electron chi connectivity index (χ2n) is 2.02. The summed E-state index contributed by atoms with van der Waals surface area (Å²) >= 11 is 3.18. The van der Waals surface area contributed by atoms with Gasteiger partial charge in [-0.3, -0.25) is 0 Å². The van der Waals surface area contributed by atoms with Gasteiger partial charge in [0.15, 0.2) is 0 Å². The molecule has 1 unspecified atom stereocenters. The molecule has 0 bridgehead atoms. The normalized spacial score (nSPS) is 12.1. The van der Waals surface area contributed by atoms with Crippen LogP contribution in [-0.2, 0) is 0 Å². The molecule has 1 aromatic rings. The first kappa shape index (κ1) is 8.18. The summed E-state index contributed by atoms with van der Waals surface area (Å²) in [6, 6.07) is 4.83. The fraction of sp³-hybridized carbons (Fsp3) is 0.143. The number of halogens is 1. The third-order valence-electron chi connectivity index (χ3n) is 1.25. The molecule has 0 saturated carbocycles. The molecule has 11 heavy (non-hydrogen) atoms. The van der Waals surface area contributed by atoms with Crippen molar-refractivity contribution >= 4 is 15.9 Å². The highest BCUT2D eigenvalue weighted by Crippen LogP contribution is 2.12. The van der Waals surface area contributed by atoms with E-state index >= 15 is 0 Å². The Labute approximate surface area is 73.0 Å². The summed E-state index contributed by atoms with van der Waals surface area (Å²) in [5.41, 5.74) is 6.23. The van der Waals surface area contributed by atoms with Crippen LogP contribution in [0.5, 0.6) is 0 Å². The molecule has 56 valence electrons. The van der Waals surface area contributed by atoms with Gasteiger partial charge in [0.2, 0.25) is 0 Å². The molecule has 1 aromatic heterocycles. The lowest BCUT2D eigenvalue weighted by atomic mass is 10.1. The standard InChI is InChI=1S/C7H6BrN3/c8-7-3-5(1-2-11-7)6(10)4-9/h1-3,6H,10H2. The number of nitrogens with two attached hydrogens (primary N) is 1. The Bertz CT molecular complexity index is 292. The Morgan fingerprint density at radius 3 is 3.00 bits per heavy atom. The predicted molar refractivity (Wildman–Crippen MR) is 44.5 cm³/mol. The maximum absolute atomic E-state index is 8.47. The largest absolute Gasteiger partial charge is 0.312 e. The fourth-order valence-corrected chi connectivity index (χ4v) is 1.07. The molecular weight excluding hydrogens is 206 g/mol. The predicted octanol–water partition coefficient (Wildman–Crippen LogP) is 1.37. The van der Waals surface area contributed by atoms with Crippen molar-refractivity contribution in [1.82, 2.24) is 4.98 Å². The van der Waals surface area contributed by atoms with E-state index in [4.69, 9.17) is 11.0 Å². The monoisotopic (exact) mass is 211 g/mol. The van der Waals surface area contributed by atoms with Crippen LogP contribution in [0.4, 0.5) is 0 Å². The smallest absolute Gasteiger partial charge is 0.119 e. The van der Waals surface area contributed by atoms with Crippen LogP contribution in [0.3, 0.4) is 0 Å². The van der Waals surface area contributed by atoms with Crippen LogP contribution in [0.2, 0.25) is 0 Å². The molecule has 0 aliphatic carbocycles. The van der Waals surface area contributed by atoms with E-state index in [9.17, 15) is 0 Å². The molecule has 0 radical (unpaired) electrons. The average molecular weight is 212 g/mol. The first-order chi connectivity index (χ1) is 5.24. The second-order valence-corrected chi connectivity index (χ2v) is 2.83. The van der Waals surface area contributed by atoms with Crippen LogP contribution in [0, 0.1) is 11.3 Å². The van der Waals surface area contributed by atoms with E-state index in [1.807, 2.05) is 6.07 Å². The first-order valence-electron chi connectivity index (χ1n) is 3.00. The van der Waals surface area contributed by atoms with E-state index < -0.39 is 6.04 Å². The summed E-state index contributed by atoms with van der Waals surface area (Å²) in [4.78, 5) is 3.91. The number of hydrogen-bond acceptors (Lipinski definition) is 3. The quantitative estimate of drug-likeness (QED) is 0.715. The van der Waals surface area contributed by atoms with Gasteiger partial charge in [-0.2, -0.15) is 5.26 Å². The van der Waals surface area contributed by atoms with E-state index in [-0.39, 0.29) is 0 Å². The molecule has 0 spiro atoms. The van der Waals surface area contributed by atoms with Crippen molar-refractivity contribution in [3.63, 3.8) is 0 Å². The third-order valence-corrected chi connectivity index (χ3v) is 1.68. The molecule has 0 aromatic carbocycles. The first-order valence-corrected chi connectivity index (χ1v) is 3.80. The van der Waals surface area contributed by atoms with Crippen molar-refractivity contribution in [2.24, 2.45) is 5.73 Å². The molecule has 0 aliphatic heterocycles. The lowest BCUT2D eigenvalue weighted by molar-refractivity contribution is 0.918. The van der Waals surface area contributed by atoms with Gasteiger partial charge in [-0.05, 0) is 33.6 Å². The van der Waals surface area contributed by atoms with Gasteiger partial charge < -0.3 is 5.73 Å². The Morgan fingerprint density at radius 2 is 2.45 bits per heavy atom. The Kier molecular flexibility index (Phi) is 2.58. The molecule has 4 heteroatoms. The van der Waals surface area contributed by atoms with Crippen LogP contribution in [-0.4, -0.2) is 4.98 Å². The van der Waals surface area contributed by atoms with Crippen molar-refractivity contribution in [2.75, 3.05) is 0 Å². The van der Waals surface area contributed by atoms with E-state index in [0.717, 1.165) is 5.56 Å². The summed E-state index contributed by atoms with van der Waals surface area (Å²) in [7, 11) is 0. The Morgan fingerprint density at radius 1 is 1.73 bits per heavy atom. The number of aromatic nitrogens is 1. The maximum Gasteiger partial charge on any atom is 0.119 e. The second kappa shape index (κ2) is 3.46. The Balaban J connectivity index is 2.98. The summed E-state index contributed by atoms with van der Waals surface area (Å²) in [5, 5.41) is 8.47. The molecule has 0 saturated heterocycles. The van der Waals surface area contributed by atoms with Crippen molar-refractivity contribution < 1.29 is 0 Å². The number of nitrogens with zero attached hydrogens (tertiary/aromatic N) is 2. The summed E-state index contributed by atoms with van der Waals surface area (Å²) in [6.07, 6.45) is 1.61. The van der Waals surface area contributed by atoms with Crippen molar-refractivity contribution in [1.29, 1.82) is 5.26 Å². The zero-order chi connectivity index (χ0) is 8.27. The van der Waals surface area contributed by atoms with E-state index in [1.165, 1.54) is 0 Å². The van der Waals surface area contributed by atoms with E-state index in [0.29, 0.717) is 4.60 Å². The number of nitriles is 1. The fourth-order valence-electron chi connectivity index (χ4n) is 0.685. The molecule has 0 fully saturated rings. The van der Waals surface area contributed by atoms with Gasteiger partial charge in [-0.15, -0.1) is 0 Å². The third kappa shape index (κ3) is 2.00. The molecule has 0 amide bonds. The Hall–Kier alpha value is -0.920. The molecule has 2 N–H and O–H groups in total. The number of pyridine rings is 1. The lowest BCUT2D eigenvalue weighted by Gasteiger charge is -2.00. The molecule has 1 heterocycles. The highest BCUT2D eigenvalue weighted by atomic mass is 79.9. The van der Waals surface area contributed by atoms with Gasteiger partial charge in [0.25, 0.3) is 0 Å². The van der Waals surface area contributed by atoms with Gasteiger partial charge in [0.1, 0.15) is 10.6 Å². The molecule has 0 aliphatic rings. The number of rotatable bonds is 1. The molecule has 1 rings (SSSR count). The summed E-state index contributed by atoms with van der Waals surface area (Å²) in [6.45, 7) is 0. The van der Waals surface area contributed by atoms with Crippen LogP contribution >= 0.6 is 15.9 Å². The van der Waals surface area contributed by atoms with Gasteiger partial charge >= 0.3 is 0 Å². The molecule has 1 atom stereocenters. The van der Waals surface area contributed by atoms with Crippen LogP contribution in [0.1, 0.15) is 11.6 Å². The van der Waals surface area contributed by atoms with Crippen molar-refractivity contribution in [3.8, 4) is 6.07 Å². The van der Waals surface area contributed by atoms with Crippen molar-refractivity contribution in [3.05, 3.63) is 28.5 Å². The van der Waals surface area contributed by atoms with Gasteiger partial charge in [-0.25, -0.2) is 4.98 Å². The van der Waals surface area contributed by atoms with E-state index in [2.05, 4.69) is 20.9 Å². The summed E-state index contributed by atoms with van der Waals surface area (Å²) in [5.74, 6) is 0. The highest BCUT2D eigenvalue weighted by Gasteiger charge is 2.03. The number of hydrogen-bond donors (Lipinski definition) is 1. The highest BCUT2D eigenvalue weighted by molar-refractivity contribution is 9.10. The minimum atomic E-state index is -0.561. The summed E-state index contributed by atoms with van der Waals surface area (Å²) < 4.78 is 0.695. The van der Waals surface area contributed by atoms with Crippen LogP contribution in [0.15, 0.2) is 22.9 Å². The topological polar surface area (TPSA) is 62.7 Å². The van der Waals surface area contributed by atoms with E-state index in [1.54, 1.807) is 18.3 Å². The van der Waals surface area contributed by atoms with Crippen LogP contribution < -0.4 is 5.73 Å².